The molecule has 0 fully saturated rings. The molecular formula is C16H16N4O2. The fourth-order valence-electron chi connectivity index (χ4n) is 2.29. The highest BCUT2D eigenvalue weighted by Crippen LogP contribution is 2.23. The quantitative estimate of drug-likeness (QED) is 0.756. The lowest BCUT2D eigenvalue weighted by Gasteiger charge is -2.09. The van der Waals surface area contributed by atoms with Crippen LogP contribution in [0.4, 0.5) is 11.6 Å². The van der Waals surface area contributed by atoms with Gasteiger partial charge in [0.2, 0.25) is 11.9 Å². The summed E-state index contributed by atoms with van der Waals surface area (Å²) in [6, 6.07) is 15.1. The van der Waals surface area contributed by atoms with Crippen molar-refractivity contribution >= 4 is 28.6 Å². The number of nitrogens with zero attached hydrogens (tertiary/aromatic N) is 2. The summed E-state index contributed by atoms with van der Waals surface area (Å²) in [5.41, 5.74) is 7.86. The molecule has 0 unspecified atom stereocenters. The van der Waals surface area contributed by atoms with E-state index in [1.165, 1.54) is 0 Å². The van der Waals surface area contributed by atoms with Gasteiger partial charge in [0.25, 0.3) is 0 Å². The van der Waals surface area contributed by atoms with E-state index in [2.05, 4.69) is 10.3 Å². The highest BCUT2D eigenvalue weighted by Gasteiger charge is 2.12. The minimum Gasteiger partial charge on any atom is -0.497 e. The molecule has 0 spiro atoms. The zero-order chi connectivity index (χ0) is 15.5. The first kappa shape index (κ1) is 13.9. The second kappa shape index (κ2) is 5.77. The number of anilines is 2. The van der Waals surface area contributed by atoms with Gasteiger partial charge in [-0.2, -0.15) is 0 Å². The van der Waals surface area contributed by atoms with E-state index in [9.17, 15) is 4.79 Å². The minimum atomic E-state index is -0.416. The Morgan fingerprint density at radius 1 is 1.23 bits per heavy atom. The molecule has 0 saturated carbocycles. The van der Waals surface area contributed by atoms with Crippen LogP contribution in [0, 0.1) is 0 Å². The molecular weight excluding hydrogens is 280 g/mol. The molecule has 6 nitrogen and oxygen atoms in total. The SMILES string of the molecule is COc1ccc(Nc2nc3ccccc3n2CC(N)=O)cc1. The Bertz CT molecular complexity index is 809. The molecule has 0 aliphatic carbocycles. The summed E-state index contributed by atoms with van der Waals surface area (Å²) in [7, 11) is 1.62. The van der Waals surface area contributed by atoms with Crippen molar-refractivity contribution in [2.45, 2.75) is 6.54 Å². The summed E-state index contributed by atoms with van der Waals surface area (Å²) in [5.74, 6) is 0.933. The van der Waals surface area contributed by atoms with Gasteiger partial charge in [0, 0.05) is 5.69 Å². The van der Waals surface area contributed by atoms with Gasteiger partial charge in [-0.3, -0.25) is 4.79 Å². The Labute approximate surface area is 127 Å². The Hall–Kier alpha value is -3.02. The number of fused-ring (bicyclic) bond motifs is 1. The van der Waals surface area contributed by atoms with Gasteiger partial charge in [0.15, 0.2) is 0 Å². The van der Waals surface area contributed by atoms with Crippen molar-refractivity contribution in [3.8, 4) is 5.75 Å². The van der Waals surface area contributed by atoms with Crippen LogP contribution in [0.5, 0.6) is 5.75 Å². The molecule has 3 aromatic rings. The predicted molar refractivity (Wildman–Crippen MR) is 85.2 cm³/mol. The van der Waals surface area contributed by atoms with Gasteiger partial charge in [-0.25, -0.2) is 4.98 Å². The Morgan fingerprint density at radius 2 is 1.95 bits per heavy atom. The first-order valence-corrected chi connectivity index (χ1v) is 6.82. The van der Waals surface area contributed by atoms with Crippen LogP contribution in [-0.2, 0) is 11.3 Å². The second-order valence-electron chi connectivity index (χ2n) is 4.83. The third kappa shape index (κ3) is 2.71. The second-order valence-corrected chi connectivity index (χ2v) is 4.83. The van der Waals surface area contributed by atoms with Crippen molar-refractivity contribution in [2.24, 2.45) is 5.73 Å². The van der Waals surface area contributed by atoms with Crippen LogP contribution >= 0.6 is 0 Å². The summed E-state index contributed by atoms with van der Waals surface area (Å²) in [4.78, 5) is 15.8. The number of benzene rings is 2. The smallest absolute Gasteiger partial charge is 0.237 e. The number of nitrogens with one attached hydrogen (secondary N) is 1. The van der Waals surface area contributed by atoms with E-state index in [1.54, 1.807) is 11.7 Å². The predicted octanol–water partition coefficient (Wildman–Crippen LogP) is 2.27. The van der Waals surface area contributed by atoms with E-state index in [-0.39, 0.29) is 6.54 Å². The average Bonchev–Trinajstić information content (AvgIpc) is 2.85. The molecule has 3 rings (SSSR count). The summed E-state index contributed by atoms with van der Waals surface area (Å²) in [6.07, 6.45) is 0. The summed E-state index contributed by atoms with van der Waals surface area (Å²) in [5, 5.41) is 3.21. The molecule has 1 heterocycles. The molecule has 3 N–H and O–H groups in total. The normalized spacial score (nSPS) is 10.6. The lowest BCUT2D eigenvalue weighted by atomic mass is 10.3. The highest BCUT2D eigenvalue weighted by molar-refractivity contribution is 5.83. The maximum absolute atomic E-state index is 11.3. The van der Waals surface area contributed by atoms with Crippen molar-refractivity contribution in [1.29, 1.82) is 0 Å². The molecule has 0 aliphatic heterocycles. The van der Waals surface area contributed by atoms with Crippen LogP contribution in [-0.4, -0.2) is 22.6 Å². The van der Waals surface area contributed by atoms with Gasteiger partial charge in [0.05, 0.1) is 18.1 Å². The zero-order valence-corrected chi connectivity index (χ0v) is 12.1. The maximum Gasteiger partial charge on any atom is 0.237 e. The number of para-hydroxylation sites is 2. The number of primary amides is 1. The topological polar surface area (TPSA) is 82.2 Å². The number of hydrogen-bond donors (Lipinski definition) is 2. The Morgan fingerprint density at radius 3 is 2.64 bits per heavy atom. The van der Waals surface area contributed by atoms with Crippen molar-refractivity contribution in [3.63, 3.8) is 0 Å². The van der Waals surface area contributed by atoms with E-state index in [4.69, 9.17) is 10.5 Å². The van der Waals surface area contributed by atoms with E-state index in [1.807, 2.05) is 48.5 Å². The maximum atomic E-state index is 11.3. The number of carbonyl (C=O) groups is 1. The summed E-state index contributed by atoms with van der Waals surface area (Å²) < 4.78 is 6.90. The number of methoxy groups -OCH3 is 1. The van der Waals surface area contributed by atoms with E-state index < -0.39 is 5.91 Å². The summed E-state index contributed by atoms with van der Waals surface area (Å²) >= 11 is 0. The molecule has 2 aromatic carbocycles. The van der Waals surface area contributed by atoms with Crippen LogP contribution in [0.3, 0.4) is 0 Å². The molecule has 0 aliphatic rings. The van der Waals surface area contributed by atoms with Crippen LogP contribution in [0.1, 0.15) is 0 Å². The zero-order valence-electron chi connectivity index (χ0n) is 12.1. The fraction of sp³-hybridized carbons (Fsp3) is 0.125. The van der Waals surface area contributed by atoms with Crippen molar-refractivity contribution in [3.05, 3.63) is 48.5 Å². The summed E-state index contributed by atoms with van der Waals surface area (Å²) in [6.45, 7) is 0.0685. The lowest BCUT2D eigenvalue weighted by molar-refractivity contribution is -0.118. The molecule has 22 heavy (non-hydrogen) atoms. The van der Waals surface area contributed by atoms with Crippen LogP contribution in [0.15, 0.2) is 48.5 Å². The Balaban J connectivity index is 1.99. The molecule has 1 amide bonds. The minimum absolute atomic E-state index is 0.0685. The van der Waals surface area contributed by atoms with Crippen molar-refractivity contribution in [1.82, 2.24) is 9.55 Å². The van der Waals surface area contributed by atoms with E-state index in [0.717, 1.165) is 22.5 Å². The molecule has 6 heteroatoms. The third-order valence-corrected chi connectivity index (χ3v) is 3.31. The first-order chi connectivity index (χ1) is 10.7. The molecule has 112 valence electrons. The Kier molecular flexibility index (Phi) is 3.65. The third-order valence-electron chi connectivity index (χ3n) is 3.31. The number of amides is 1. The number of nitrogens with two attached hydrogens (primary N) is 1. The molecule has 0 saturated heterocycles. The fourth-order valence-corrected chi connectivity index (χ4v) is 2.29. The molecule has 0 bridgehead atoms. The van der Waals surface area contributed by atoms with Gasteiger partial charge in [-0.15, -0.1) is 0 Å². The molecule has 0 radical (unpaired) electrons. The number of ether oxygens (including phenoxy) is 1. The average molecular weight is 296 g/mol. The van der Waals surface area contributed by atoms with Gasteiger partial charge >= 0.3 is 0 Å². The van der Waals surface area contributed by atoms with Crippen LogP contribution < -0.4 is 15.8 Å². The van der Waals surface area contributed by atoms with Gasteiger partial charge in [-0.05, 0) is 36.4 Å². The standard InChI is InChI=1S/C16H16N4O2/c1-22-12-8-6-11(7-9-12)18-16-19-13-4-2-3-5-14(13)20(16)10-15(17)21/h2-9H,10H2,1H3,(H2,17,21)(H,18,19). The van der Waals surface area contributed by atoms with Crippen molar-refractivity contribution in [2.75, 3.05) is 12.4 Å². The van der Waals surface area contributed by atoms with Crippen LogP contribution in [0.2, 0.25) is 0 Å². The number of hydrogen-bond acceptors (Lipinski definition) is 4. The molecule has 1 aromatic heterocycles. The van der Waals surface area contributed by atoms with Gasteiger partial charge in [-0.1, -0.05) is 12.1 Å². The van der Waals surface area contributed by atoms with E-state index >= 15 is 0 Å². The monoisotopic (exact) mass is 296 g/mol. The number of carbonyl (C=O) groups excluding carboxylic acids is 1. The highest BCUT2D eigenvalue weighted by atomic mass is 16.5. The van der Waals surface area contributed by atoms with E-state index in [0.29, 0.717) is 5.95 Å². The van der Waals surface area contributed by atoms with Crippen molar-refractivity contribution < 1.29 is 9.53 Å². The number of imidazole rings is 1. The number of rotatable bonds is 5. The largest absolute Gasteiger partial charge is 0.497 e. The van der Waals surface area contributed by atoms with Gasteiger partial charge < -0.3 is 20.4 Å². The lowest BCUT2D eigenvalue weighted by Crippen LogP contribution is -2.19. The number of aromatic nitrogens is 2. The molecule has 0 atom stereocenters. The first-order valence-electron chi connectivity index (χ1n) is 6.82. The van der Waals surface area contributed by atoms with Crippen LogP contribution in [0.25, 0.3) is 11.0 Å². The van der Waals surface area contributed by atoms with Gasteiger partial charge in [0.1, 0.15) is 12.3 Å².